The van der Waals surface area contributed by atoms with Gasteiger partial charge in [-0.05, 0) is 45.3 Å². The lowest BCUT2D eigenvalue weighted by Crippen LogP contribution is -2.19. The SMILES string of the molecule is Cc1cn(-c2cncc3[nH]c(-c4n[nH]c5ccc(-c6cncc(OCCN(C)C)c6)nc45)cc23)cn1. The molecular formula is C26H25N9O. The molecule has 6 heterocycles. The summed E-state index contributed by atoms with van der Waals surface area (Å²) in [6, 6.07) is 7.98. The third kappa shape index (κ3) is 4.07. The van der Waals surface area contributed by atoms with Crippen molar-refractivity contribution < 1.29 is 4.74 Å². The molecule has 0 aromatic carbocycles. The summed E-state index contributed by atoms with van der Waals surface area (Å²) < 4.78 is 7.83. The molecule has 10 nitrogen and oxygen atoms in total. The molecule has 0 spiro atoms. The fraction of sp³-hybridized carbons (Fsp3) is 0.192. The van der Waals surface area contributed by atoms with E-state index in [9.17, 15) is 0 Å². The van der Waals surface area contributed by atoms with Gasteiger partial charge in [-0.15, -0.1) is 0 Å². The second-order valence-corrected chi connectivity index (χ2v) is 8.95. The van der Waals surface area contributed by atoms with Gasteiger partial charge in [0, 0.05) is 29.9 Å². The highest BCUT2D eigenvalue weighted by molar-refractivity contribution is 5.96. The van der Waals surface area contributed by atoms with Gasteiger partial charge in [0.15, 0.2) is 0 Å². The van der Waals surface area contributed by atoms with Crippen molar-refractivity contribution in [2.45, 2.75) is 6.92 Å². The Hall–Kier alpha value is -4.57. The van der Waals surface area contributed by atoms with Gasteiger partial charge < -0.3 is 19.2 Å². The minimum absolute atomic E-state index is 0.590. The standard InChI is InChI=1S/C26H25N9O/c1-16-14-35(15-29-16)24-13-28-12-23-19(24)9-22(30-23)26-25-21(32-33-26)5-4-20(31-25)17-8-18(11-27-10-17)36-7-6-34(2)3/h4-5,8-15,30H,6-7H2,1-3H3,(H,32,33). The summed E-state index contributed by atoms with van der Waals surface area (Å²) in [5.41, 5.74) is 7.68. The van der Waals surface area contributed by atoms with Gasteiger partial charge in [-0.1, -0.05) is 0 Å². The van der Waals surface area contributed by atoms with E-state index in [2.05, 4.69) is 41.1 Å². The summed E-state index contributed by atoms with van der Waals surface area (Å²) in [6.07, 6.45) is 10.9. The molecule has 0 aliphatic heterocycles. The van der Waals surface area contributed by atoms with E-state index in [1.165, 1.54) is 0 Å². The second-order valence-electron chi connectivity index (χ2n) is 8.95. The number of hydrogen-bond acceptors (Lipinski definition) is 7. The Bertz CT molecular complexity index is 1680. The zero-order valence-electron chi connectivity index (χ0n) is 20.2. The van der Waals surface area contributed by atoms with Gasteiger partial charge in [-0.2, -0.15) is 5.10 Å². The van der Waals surface area contributed by atoms with Crippen LogP contribution in [0.15, 0.2) is 61.6 Å². The van der Waals surface area contributed by atoms with Gasteiger partial charge in [-0.3, -0.25) is 15.1 Å². The second kappa shape index (κ2) is 8.90. The first-order valence-electron chi connectivity index (χ1n) is 11.6. The molecule has 0 saturated heterocycles. The Morgan fingerprint density at radius 1 is 1.03 bits per heavy atom. The first-order chi connectivity index (χ1) is 17.5. The molecule has 10 heteroatoms. The fourth-order valence-electron chi connectivity index (χ4n) is 4.15. The number of fused-ring (bicyclic) bond motifs is 2. The molecule has 0 unspecified atom stereocenters. The van der Waals surface area contributed by atoms with E-state index in [1.807, 2.05) is 62.4 Å². The molecule has 6 aromatic rings. The van der Waals surface area contributed by atoms with Crippen LogP contribution in [0.25, 0.3) is 50.3 Å². The highest BCUT2D eigenvalue weighted by Gasteiger charge is 2.16. The fourth-order valence-corrected chi connectivity index (χ4v) is 4.15. The molecule has 0 radical (unpaired) electrons. The predicted molar refractivity (Wildman–Crippen MR) is 138 cm³/mol. The number of nitrogens with one attached hydrogen (secondary N) is 2. The number of nitrogens with zero attached hydrogens (tertiary/aromatic N) is 7. The van der Waals surface area contributed by atoms with Crippen LogP contribution in [-0.4, -0.2) is 71.8 Å². The molecule has 0 saturated carbocycles. The number of pyridine rings is 3. The lowest BCUT2D eigenvalue weighted by Gasteiger charge is -2.11. The van der Waals surface area contributed by atoms with Crippen LogP contribution >= 0.6 is 0 Å². The molecule has 0 fully saturated rings. The van der Waals surface area contributed by atoms with Gasteiger partial charge in [-0.25, -0.2) is 9.97 Å². The third-order valence-corrected chi connectivity index (χ3v) is 5.99. The summed E-state index contributed by atoms with van der Waals surface area (Å²) in [7, 11) is 4.03. The zero-order valence-corrected chi connectivity index (χ0v) is 20.2. The summed E-state index contributed by atoms with van der Waals surface area (Å²) in [5.74, 6) is 0.717. The molecule has 6 rings (SSSR count). The minimum Gasteiger partial charge on any atom is -0.491 e. The number of likely N-dealkylation sites (N-methyl/N-ethyl adjacent to an activating group) is 1. The van der Waals surface area contributed by atoms with E-state index < -0.39 is 0 Å². The topological polar surface area (TPSA) is 113 Å². The average molecular weight is 480 g/mol. The summed E-state index contributed by atoms with van der Waals surface area (Å²) >= 11 is 0. The number of H-pyrrole nitrogens is 2. The van der Waals surface area contributed by atoms with Crippen LogP contribution in [0.4, 0.5) is 0 Å². The highest BCUT2D eigenvalue weighted by atomic mass is 16.5. The van der Waals surface area contributed by atoms with Crippen LogP contribution in [0, 0.1) is 6.92 Å². The van der Waals surface area contributed by atoms with E-state index in [1.54, 1.807) is 18.7 Å². The predicted octanol–water partition coefficient (Wildman–Crippen LogP) is 4.00. The van der Waals surface area contributed by atoms with Crippen LogP contribution in [0.3, 0.4) is 0 Å². The number of hydrogen-bond donors (Lipinski definition) is 2. The van der Waals surface area contributed by atoms with E-state index in [4.69, 9.17) is 9.72 Å². The Morgan fingerprint density at radius 2 is 1.92 bits per heavy atom. The number of imidazole rings is 1. The molecule has 180 valence electrons. The summed E-state index contributed by atoms with van der Waals surface area (Å²) in [6.45, 7) is 3.38. The number of aromatic amines is 2. The van der Waals surface area contributed by atoms with E-state index >= 15 is 0 Å². The molecule has 0 bridgehead atoms. The molecule has 36 heavy (non-hydrogen) atoms. The largest absolute Gasteiger partial charge is 0.491 e. The van der Waals surface area contributed by atoms with Crippen molar-refractivity contribution in [3.8, 4) is 34.1 Å². The summed E-state index contributed by atoms with van der Waals surface area (Å²) in [5, 5.41) is 8.70. The molecule has 6 aromatic heterocycles. The van der Waals surface area contributed by atoms with E-state index in [0.29, 0.717) is 12.4 Å². The van der Waals surface area contributed by atoms with E-state index in [0.717, 1.165) is 62.5 Å². The van der Waals surface area contributed by atoms with Gasteiger partial charge in [0.05, 0.1) is 58.7 Å². The number of rotatable bonds is 7. The van der Waals surface area contributed by atoms with Crippen molar-refractivity contribution in [1.29, 1.82) is 0 Å². The third-order valence-electron chi connectivity index (χ3n) is 5.99. The zero-order chi connectivity index (χ0) is 24.6. The monoisotopic (exact) mass is 479 g/mol. The average Bonchev–Trinajstić information content (AvgIpc) is 3.61. The molecular weight excluding hydrogens is 454 g/mol. The first-order valence-corrected chi connectivity index (χ1v) is 11.6. The van der Waals surface area contributed by atoms with Crippen LogP contribution in [0.2, 0.25) is 0 Å². The highest BCUT2D eigenvalue weighted by Crippen LogP contribution is 2.31. The molecule has 2 N–H and O–H groups in total. The summed E-state index contributed by atoms with van der Waals surface area (Å²) in [4.78, 5) is 23.6. The molecule has 0 aliphatic rings. The Labute approximate surface area is 207 Å². The van der Waals surface area contributed by atoms with Crippen molar-refractivity contribution in [3.05, 3.63) is 67.3 Å². The maximum Gasteiger partial charge on any atom is 0.138 e. The van der Waals surface area contributed by atoms with Gasteiger partial charge in [0.2, 0.25) is 0 Å². The maximum atomic E-state index is 5.86. The Kier molecular flexibility index (Phi) is 5.42. The van der Waals surface area contributed by atoms with Gasteiger partial charge >= 0.3 is 0 Å². The van der Waals surface area contributed by atoms with Gasteiger partial charge in [0.25, 0.3) is 0 Å². The lowest BCUT2D eigenvalue weighted by atomic mass is 10.1. The lowest BCUT2D eigenvalue weighted by molar-refractivity contribution is 0.261. The van der Waals surface area contributed by atoms with Crippen LogP contribution in [0.5, 0.6) is 5.75 Å². The minimum atomic E-state index is 0.590. The van der Waals surface area contributed by atoms with Crippen molar-refractivity contribution in [3.63, 3.8) is 0 Å². The van der Waals surface area contributed by atoms with Crippen LogP contribution < -0.4 is 4.74 Å². The number of aromatic nitrogens is 8. The smallest absolute Gasteiger partial charge is 0.138 e. The maximum absolute atomic E-state index is 5.86. The van der Waals surface area contributed by atoms with E-state index in [-0.39, 0.29) is 0 Å². The van der Waals surface area contributed by atoms with Crippen molar-refractivity contribution in [1.82, 2.24) is 44.6 Å². The van der Waals surface area contributed by atoms with Crippen LogP contribution in [0.1, 0.15) is 5.69 Å². The quantitative estimate of drug-likeness (QED) is 0.356. The first kappa shape index (κ1) is 21.9. The van der Waals surface area contributed by atoms with Gasteiger partial charge in [0.1, 0.15) is 23.6 Å². The molecule has 0 atom stereocenters. The normalized spacial score (nSPS) is 11.7. The van der Waals surface area contributed by atoms with Crippen molar-refractivity contribution in [2.24, 2.45) is 0 Å². The van der Waals surface area contributed by atoms with Crippen LogP contribution in [-0.2, 0) is 0 Å². The number of aryl methyl sites for hydroxylation is 1. The van der Waals surface area contributed by atoms with Crippen molar-refractivity contribution in [2.75, 3.05) is 27.2 Å². The Balaban J connectivity index is 1.37. The Morgan fingerprint density at radius 3 is 2.75 bits per heavy atom. The van der Waals surface area contributed by atoms with Crippen molar-refractivity contribution >= 4 is 21.9 Å². The molecule has 0 amide bonds. The number of ether oxygens (including phenoxy) is 1. The molecule has 0 aliphatic carbocycles.